The molecule has 19 heavy (non-hydrogen) atoms. The number of rotatable bonds is 4. The highest BCUT2D eigenvalue weighted by atomic mass is 35.5. The van der Waals surface area contributed by atoms with Crippen molar-refractivity contribution in [2.75, 3.05) is 19.0 Å². The fraction of sp³-hybridized carbons (Fsp3) is 0.214. The predicted molar refractivity (Wildman–Crippen MR) is 75.7 cm³/mol. The number of benzene rings is 1. The van der Waals surface area contributed by atoms with Gasteiger partial charge in [0.1, 0.15) is 0 Å². The first-order valence-electron chi connectivity index (χ1n) is 5.85. The Kier molecular flexibility index (Phi) is 4.12. The molecule has 0 aliphatic rings. The van der Waals surface area contributed by atoms with Crippen molar-refractivity contribution < 1.29 is 9.21 Å². The van der Waals surface area contributed by atoms with Crippen molar-refractivity contribution in [2.45, 2.75) is 6.54 Å². The van der Waals surface area contributed by atoms with Crippen molar-refractivity contribution in [3.05, 3.63) is 52.9 Å². The van der Waals surface area contributed by atoms with E-state index in [4.69, 9.17) is 16.0 Å². The van der Waals surface area contributed by atoms with Gasteiger partial charge >= 0.3 is 0 Å². The zero-order valence-electron chi connectivity index (χ0n) is 10.8. The molecule has 100 valence electrons. The Bertz CT molecular complexity index is 578. The third-order valence-electron chi connectivity index (χ3n) is 2.74. The van der Waals surface area contributed by atoms with Crippen LogP contribution in [0.15, 0.2) is 41.0 Å². The summed E-state index contributed by atoms with van der Waals surface area (Å²) in [4.78, 5) is 13.9. The van der Waals surface area contributed by atoms with Gasteiger partial charge in [0, 0.05) is 26.3 Å². The Balaban J connectivity index is 2.01. The van der Waals surface area contributed by atoms with Gasteiger partial charge in [-0.25, -0.2) is 0 Å². The molecule has 0 unspecified atom stereocenters. The molecule has 4 nitrogen and oxygen atoms in total. The number of carbonyl (C=O) groups is 1. The van der Waals surface area contributed by atoms with E-state index in [0.29, 0.717) is 12.1 Å². The number of nitrogens with one attached hydrogen (secondary N) is 1. The van der Waals surface area contributed by atoms with E-state index in [1.807, 2.05) is 43.3 Å². The fourth-order valence-corrected chi connectivity index (χ4v) is 1.88. The van der Waals surface area contributed by atoms with Gasteiger partial charge in [-0.05, 0) is 35.4 Å². The van der Waals surface area contributed by atoms with Crippen LogP contribution >= 0.6 is 11.6 Å². The molecule has 0 aliphatic heterocycles. The summed E-state index contributed by atoms with van der Waals surface area (Å²) >= 11 is 5.75. The van der Waals surface area contributed by atoms with Gasteiger partial charge in [0.2, 0.25) is 5.22 Å². The van der Waals surface area contributed by atoms with Gasteiger partial charge < -0.3 is 14.6 Å². The van der Waals surface area contributed by atoms with E-state index in [9.17, 15) is 4.79 Å². The lowest BCUT2D eigenvalue weighted by molar-refractivity contribution is 0.0950. The maximum atomic E-state index is 11.9. The highest BCUT2D eigenvalue weighted by Crippen LogP contribution is 2.17. The summed E-state index contributed by atoms with van der Waals surface area (Å²) in [5.41, 5.74) is 2.47. The first-order chi connectivity index (χ1) is 9.08. The highest BCUT2D eigenvalue weighted by Gasteiger charge is 2.12. The first-order valence-corrected chi connectivity index (χ1v) is 6.23. The molecular formula is C14H15ClN2O2. The Morgan fingerprint density at radius 1 is 1.37 bits per heavy atom. The third-order valence-corrected chi connectivity index (χ3v) is 3.04. The Labute approximate surface area is 117 Å². The van der Waals surface area contributed by atoms with E-state index >= 15 is 0 Å². The molecule has 0 saturated heterocycles. The van der Waals surface area contributed by atoms with Crippen LogP contribution in [-0.4, -0.2) is 20.0 Å². The lowest BCUT2D eigenvalue weighted by Crippen LogP contribution is -2.22. The highest BCUT2D eigenvalue weighted by molar-refractivity contribution is 6.32. The zero-order valence-corrected chi connectivity index (χ0v) is 11.6. The number of carbonyl (C=O) groups excluding carboxylic acids is 1. The molecule has 1 heterocycles. The van der Waals surface area contributed by atoms with Crippen LogP contribution in [0.5, 0.6) is 0 Å². The third kappa shape index (κ3) is 3.29. The summed E-state index contributed by atoms with van der Waals surface area (Å²) in [7, 11) is 3.95. The van der Waals surface area contributed by atoms with Crippen molar-refractivity contribution in [3.8, 4) is 0 Å². The lowest BCUT2D eigenvalue weighted by atomic mass is 10.2. The largest absolute Gasteiger partial charge is 0.452 e. The Morgan fingerprint density at radius 2 is 2.16 bits per heavy atom. The van der Waals surface area contributed by atoms with E-state index in [1.54, 1.807) is 6.07 Å². The van der Waals surface area contributed by atoms with Gasteiger partial charge in [-0.1, -0.05) is 12.1 Å². The minimum atomic E-state index is -0.242. The second-order valence-corrected chi connectivity index (χ2v) is 4.70. The average Bonchev–Trinajstić information content (AvgIpc) is 2.82. The zero-order chi connectivity index (χ0) is 13.8. The van der Waals surface area contributed by atoms with E-state index in [2.05, 4.69) is 5.32 Å². The fourth-order valence-electron chi connectivity index (χ4n) is 1.68. The van der Waals surface area contributed by atoms with Crippen LogP contribution < -0.4 is 10.2 Å². The summed E-state index contributed by atoms with van der Waals surface area (Å²) in [6, 6.07) is 9.51. The molecular weight excluding hydrogens is 264 g/mol. The SMILES string of the molecule is CN(C)c1cccc(CNC(=O)c2ccoc2Cl)c1. The van der Waals surface area contributed by atoms with Crippen LogP contribution in [0, 0.1) is 0 Å². The van der Waals surface area contributed by atoms with Crippen LogP contribution in [0.25, 0.3) is 0 Å². The Hall–Kier alpha value is -1.94. The molecule has 1 aromatic heterocycles. The van der Waals surface area contributed by atoms with Gasteiger partial charge in [0.05, 0.1) is 11.8 Å². The predicted octanol–water partition coefficient (Wildman–Crippen LogP) is 2.93. The molecule has 0 saturated carbocycles. The summed E-state index contributed by atoms with van der Waals surface area (Å²) in [5.74, 6) is -0.242. The maximum Gasteiger partial charge on any atom is 0.256 e. The number of hydrogen-bond acceptors (Lipinski definition) is 3. The molecule has 1 amide bonds. The van der Waals surface area contributed by atoms with Gasteiger partial charge in [0.25, 0.3) is 5.91 Å². The number of halogens is 1. The van der Waals surface area contributed by atoms with Gasteiger partial charge in [-0.3, -0.25) is 4.79 Å². The van der Waals surface area contributed by atoms with Crippen LogP contribution in [0.3, 0.4) is 0 Å². The standard InChI is InChI=1S/C14H15ClN2O2/c1-17(2)11-5-3-4-10(8-11)9-16-14(18)12-6-7-19-13(12)15/h3-8H,9H2,1-2H3,(H,16,18). The molecule has 2 rings (SSSR count). The molecule has 0 radical (unpaired) electrons. The summed E-state index contributed by atoms with van der Waals surface area (Å²) in [6.45, 7) is 0.446. The second kappa shape index (κ2) is 5.80. The normalized spacial score (nSPS) is 10.3. The quantitative estimate of drug-likeness (QED) is 0.935. The van der Waals surface area contributed by atoms with Crippen molar-refractivity contribution >= 4 is 23.2 Å². The number of furan rings is 1. The molecule has 1 aromatic carbocycles. The van der Waals surface area contributed by atoms with Gasteiger partial charge in [-0.15, -0.1) is 0 Å². The molecule has 0 bridgehead atoms. The summed E-state index contributed by atoms with van der Waals surface area (Å²) in [6.07, 6.45) is 1.39. The second-order valence-electron chi connectivity index (χ2n) is 4.35. The topological polar surface area (TPSA) is 45.5 Å². The molecule has 0 spiro atoms. The number of anilines is 1. The van der Waals surface area contributed by atoms with Crippen molar-refractivity contribution in [2.24, 2.45) is 0 Å². The lowest BCUT2D eigenvalue weighted by Gasteiger charge is -2.13. The molecule has 0 atom stereocenters. The van der Waals surface area contributed by atoms with E-state index in [0.717, 1.165) is 11.3 Å². The minimum absolute atomic E-state index is 0.111. The molecule has 0 aliphatic carbocycles. The number of hydrogen-bond donors (Lipinski definition) is 1. The Morgan fingerprint density at radius 3 is 2.79 bits per heavy atom. The molecule has 2 aromatic rings. The van der Waals surface area contributed by atoms with Crippen LogP contribution in [0.2, 0.25) is 5.22 Å². The number of nitrogens with zero attached hydrogens (tertiary/aromatic N) is 1. The smallest absolute Gasteiger partial charge is 0.256 e. The van der Waals surface area contributed by atoms with Crippen LogP contribution in [0.4, 0.5) is 5.69 Å². The van der Waals surface area contributed by atoms with E-state index < -0.39 is 0 Å². The van der Waals surface area contributed by atoms with Crippen molar-refractivity contribution in [1.82, 2.24) is 5.32 Å². The molecule has 1 N–H and O–H groups in total. The average molecular weight is 279 g/mol. The van der Waals surface area contributed by atoms with Crippen LogP contribution in [-0.2, 0) is 6.54 Å². The minimum Gasteiger partial charge on any atom is -0.452 e. The van der Waals surface area contributed by atoms with E-state index in [1.165, 1.54) is 6.26 Å². The van der Waals surface area contributed by atoms with Crippen molar-refractivity contribution in [3.63, 3.8) is 0 Å². The summed E-state index contributed by atoms with van der Waals surface area (Å²) < 4.78 is 4.89. The van der Waals surface area contributed by atoms with Gasteiger partial charge in [-0.2, -0.15) is 0 Å². The maximum absolute atomic E-state index is 11.9. The molecule has 0 fully saturated rings. The monoisotopic (exact) mass is 278 g/mol. The van der Waals surface area contributed by atoms with Gasteiger partial charge in [0.15, 0.2) is 0 Å². The van der Waals surface area contributed by atoms with Crippen molar-refractivity contribution in [1.29, 1.82) is 0 Å². The number of amides is 1. The first kappa shape index (κ1) is 13.5. The van der Waals surface area contributed by atoms with E-state index in [-0.39, 0.29) is 11.1 Å². The summed E-state index contributed by atoms with van der Waals surface area (Å²) in [5, 5.41) is 2.92. The molecule has 5 heteroatoms. The van der Waals surface area contributed by atoms with Crippen LogP contribution in [0.1, 0.15) is 15.9 Å².